The van der Waals surface area contributed by atoms with Gasteiger partial charge in [0.15, 0.2) is 5.78 Å². The smallest absolute Gasteiger partial charge is 0.150 e. The number of carbonyl (C=O) groups is 1. The zero-order valence-electron chi connectivity index (χ0n) is 11.1. The van der Waals surface area contributed by atoms with E-state index in [9.17, 15) is 4.79 Å². The molecule has 1 heterocycles. The first-order valence-corrected chi connectivity index (χ1v) is 6.35. The molecule has 0 bridgehead atoms. The van der Waals surface area contributed by atoms with Crippen LogP contribution >= 0.6 is 0 Å². The van der Waals surface area contributed by atoms with Gasteiger partial charge >= 0.3 is 0 Å². The number of ether oxygens (including phenoxy) is 1. The van der Waals surface area contributed by atoms with Crippen LogP contribution in [-0.2, 0) is 16.0 Å². The summed E-state index contributed by atoms with van der Waals surface area (Å²) < 4.78 is 4.92. The molecule has 0 saturated heterocycles. The Labute approximate surface area is 112 Å². The number of rotatable bonds is 7. The molecule has 0 atom stereocenters. The van der Waals surface area contributed by atoms with Crippen molar-refractivity contribution in [1.82, 2.24) is 10.3 Å². The third-order valence-corrected chi connectivity index (χ3v) is 2.93. The molecular weight excluding hydrogens is 240 g/mol. The molecule has 2 aromatic rings. The number of para-hydroxylation sites is 1. The number of nitrogens with zero attached hydrogens (tertiary/aromatic N) is 1. The largest absolute Gasteiger partial charge is 0.383 e. The van der Waals surface area contributed by atoms with Crippen LogP contribution in [0, 0.1) is 0 Å². The van der Waals surface area contributed by atoms with Crippen molar-refractivity contribution < 1.29 is 9.53 Å². The van der Waals surface area contributed by atoms with Gasteiger partial charge in [-0.3, -0.25) is 9.78 Å². The second kappa shape index (κ2) is 6.97. The SMILES string of the molecule is COCCNCC(=O)Cc1ccnc2ccccc12. The summed E-state index contributed by atoms with van der Waals surface area (Å²) in [6, 6.07) is 9.79. The Hall–Kier alpha value is -1.78. The number of hydrogen-bond acceptors (Lipinski definition) is 4. The molecule has 100 valence electrons. The maximum Gasteiger partial charge on any atom is 0.150 e. The van der Waals surface area contributed by atoms with Gasteiger partial charge in [-0.1, -0.05) is 18.2 Å². The number of ketones is 1. The average molecular weight is 258 g/mol. The number of Topliss-reactive ketones (excluding diaryl/α,β-unsaturated/α-hetero) is 1. The number of aromatic nitrogens is 1. The van der Waals surface area contributed by atoms with Crippen LogP contribution in [-0.4, -0.2) is 37.6 Å². The topological polar surface area (TPSA) is 51.2 Å². The van der Waals surface area contributed by atoms with E-state index in [1.165, 1.54) is 0 Å². The summed E-state index contributed by atoms with van der Waals surface area (Å²) in [5.74, 6) is 0.174. The number of fused-ring (bicyclic) bond motifs is 1. The van der Waals surface area contributed by atoms with E-state index in [-0.39, 0.29) is 5.78 Å². The number of nitrogens with one attached hydrogen (secondary N) is 1. The summed E-state index contributed by atoms with van der Waals surface area (Å²) >= 11 is 0. The van der Waals surface area contributed by atoms with Crippen LogP contribution in [0.1, 0.15) is 5.56 Å². The Bertz CT molecular complexity index is 549. The Kier molecular flexibility index (Phi) is 5.01. The van der Waals surface area contributed by atoms with E-state index in [2.05, 4.69) is 10.3 Å². The summed E-state index contributed by atoms with van der Waals surface area (Å²) in [7, 11) is 1.65. The normalized spacial score (nSPS) is 10.8. The molecule has 2 rings (SSSR count). The number of hydrogen-bond donors (Lipinski definition) is 1. The Morgan fingerprint density at radius 2 is 2.16 bits per heavy atom. The lowest BCUT2D eigenvalue weighted by atomic mass is 10.0. The van der Waals surface area contributed by atoms with Crippen molar-refractivity contribution in [3.63, 3.8) is 0 Å². The predicted octanol–water partition coefficient (Wildman–Crippen LogP) is 1.58. The first kappa shape index (κ1) is 13.6. The van der Waals surface area contributed by atoms with Crippen molar-refractivity contribution in [1.29, 1.82) is 0 Å². The fourth-order valence-electron chi connectivity index (χ4n) is 1.99. The average Bonchev–Trinajstić information content (AvgIpc) is 2.44. The highest BCUT2D eigenvalue weighted by atomic mass is 16.5. The summed E-state index contributed by atoms with van der Waals surface area (Å²) in [6.45, 7) is 1.69. The van der Waals surface area contributed by atoms with Gasteiger partial charge in [0.1, 0.15) is 0 Å². The standard InChI is InChI=1S/C15H18N2O2/c1-19-9-8-16-11-13(18)10-12-6-7-17-15-5-3-2-4-14(12)15/h2-7,16H,8-11H2,1H3. The lowest BCUT2D eigenvalue weighted by Crippen LogP contribution is -2.27. The highest BCUT2D eigenvalue weighted by Crippen LogP contribution is 2.16. The molecule has 0 aliphatic rings. The Balaban J connectivity index is 1.99. The van der Waals surface area contributed by atoms with Gasteiger partial charge in [0, 0.05) is 31.7 Å². The molecule has 0 spiro atoms. The molecule has 0 saturated carbocycles. The molecule has 1 N–H and O–H groups in total. The van der Waals surface area contributed by atoms with Crippen molar-refractivity contribution in [2.75, 3.05) is 26.8 Å². The van der Waals surface area contributed by atoms with Crippen LogP contribution in [0.5, 0.6) is 0 Å². The highest BCUT2D eigenvalue weighted by molar-refractivity contribution is 5.89. The summed E-state index contributed by atoms with van der Waals surface area (Å²) in [6.07, 6.45) is 2.19. The maximum absolute atomic E-state index is 11.9. The van der Waals surface area contributed by atoms with Crippen LogP contribution in [0.3, 0.4) is 0 Å². The first-order chi connectivity index (χ1) is 9.31. The van der Waals surface area contributed by atoms with Gasteiger partial charge in [0.2, 0.25) is 0 Å². The van der Waals surface area contributed by atoms with Gasteiger partial charge in [0.05, 0.1) is 18.7 Å². The van der Waals surface area contributed by atoms with Gasteiger partial charge in [-0.15, -0.1) is 0 Å². The van der Waals surface area contributed by atoms with Crippen molar-refractivity contribution in [2.24, 2.45) is 0 Å². The molecular formula is C15H18N2O2. The minimum atomic E-state index is 0.174. The highest BCUT2D eigenvalue weighted by Gasteiger charge is 2.07. The summed E-state index contributed by atoms with van der Waals surface area (Å²) in [5.41, 5.74) is 1.96. The number of carbonyl (C=O) groups excluding carboxylic acids is 1. The van der Waals surface area contributed by atoms with E-state index >= 15 is 0 Å². The second-order valence-corrected chi connectivity index (χ2v) is 4.37. The van der Waals surface area contributed by atoms with Crippen molar-refractivity contribution in [3.8, 4) is 0 Å². The molecule has 0 radical (unpaired) electrons. The molecule has 1 aromatic heterocycles. The van der Waals surface area contributed by atoms with Crippen molar-refractivity contribution in [2.45, 2.75) is 6.42 Å². The van der Waals surface area contributed by atoms with E-state index in [1.807, 2.05) is 30.3 Å². The van der Waals surface area contributed by atoms with Gasteiger partial charge < -0.3 is 10.1 Å². The van der Waals surface area contributed by atoms with E-state index in [4.69, 9.17) is 4.74 Å². The van der Waals surface area contributed by atoms with Crippen LogP contribution < -0.4 is 5.32 Å². The molecule has 0 unspecified atom stereocenters. The summed E-state index contributed by atoms with van der Waals surface area (Å²) in [4.78, 5) is 16.2. The fraction of sp³-hybridized carbons (Fsp3) is 0.333. The van der Waals surface area contributed by atoms with Gasteiger partial charge in [-0.25, -0.2) is 0 Å². The molecule has 0 fully saturated rings. The molecule has 0 amide bonds. The van der Waals surface area contributed by atoms with E-state index in [1.54, 1.807) is 13.3 Å². The minimum absolute atomic E-state index is 0.174. The maximum atomic E-state index is 11.9. The Morgan fingerprint density at radius 3 is 3.00 bits per heavy atom. The molecule has 1 aromatic carbocycles. The first-order valence-electron chi connectivity index (χ1n) is 6.35. The van der Waals surface area contributed by atoms with Crippen molar-refractivity contribution >= 4 is 16.7 Å². The zero-order chi connectivity index (χ0) is 13.5. The molecule has 4 nitrogen and oxygen atoms in total. The quantitative estimate of drug-likeness (QED) is 0.766. The molecule has 0 aliphatic heterocycles. The van der Waals surface area contributed by atoms with Gasteiger partial charge in [-0.05, 0) is 17.7 Å². The van der Waals surface area contributed by atoms with Crippen LogP contribution in [0.2, 0.25) is 0 Å². The monoisotopic (exact) mass is 258 g/mol. The van der Waals surface area contributed by atoms with Crippen molar-refractivity contribution in [3.05, 3.63) is 42.1 Å². The summed E-state index contributed by atoms with van der Waals surface area (Å²) in [5, 5.41) is 4.12. The lowest BCUT2D eigenvalue weighted by Gasteiger charge is -2.06. The van der Waals surface area contributed by atoms with Gasteiger partial charge in [0.25, 0.3) is 0 Å². The molecule has 19 heavy (non-hydrogen) atoms. The zero-order valence-corrected chi connectivity index (χ0v) is 11.1. The third-order valence-electron chi connectivity index (χ3n) is 2.93. The lowest BCUT2D eigenvalue weighted by molar-refractivity contribution is -0.117. The minimum Gasteiger partial charge on any atom is -0.383 e. The van der Waals surface area contributed by atoms with Crippen LogP contribution in [0.25, 0.3) is 10.9 Å². The van der Waals surface area contributed by atoms with E-state index < -0.39 is 0 Å². The fourth-order valence-corrected chi connectivity index (χ4v) is 1.99. The number of pyridine rings is 1. The van der Waals surface area contributed by atoms with Gasteiger partial charge in [-0.2, -0.15) is 0 Å². The van der Waals surface area contributed by atoms with E-state index in [0.29, 0.717) is 26.1 Å². The van der Waals surface area contributed by atoms with Crippen LogP contribution in [0.15, 0.2) is 36.5 Å². The van der Waals surface area contributed by atoms with E-state index in [0.717, 1.165) is 16.5 Å². The number of methoxy groups -OCH3 is 1. The Morgan fingerprint density at radius 1 is 1.32 bits per heavy atom. The third kappa shape index (κ3) is 3.84. The van der Waals surface area contributed by atoms with Crippen LogP contribution in [0.4, 0.5) is 0 Å². The molecule has 0 aliphatic carbocycles. The second-order valence-electron chi connectivity index (χ2n) is 4.37. The number of benzene rings is 1. The predicted molar refractivity (Wildman–Crippen MR) is 75.2 cm³/mol. The molecule has 4 heteroatoms.